The van der Waals surface area contributed by atoms with Gasteiger partial charge in [0.1, 0.15) is 5.69 Å². The third kappa shape index (κ3) is 1.68. The van der Waals surface area contributed by atoms with Crippen molar-refractivity contribution in [3.8, 4) is 0 Å². The number of anilines is 1. The maximum absolute atomic E-state index is 11.8. The van der Waals surface area contributed by atoms with E-state index >= 15 is 0 Å². The molecule has 1 aromatic rings. The molecule has 0 radical (unpaired) electrons. The molecule has 2 fully saturated rings. The second-order valence-corrected chi connectivity index (χ2v) is 5.15. The van der Waals surface area contributed by atoms with Crippen LogP contribution in [-0.4, -0.2) is 29.1 Å². The Balaban J connectivity index is 1.65. The molecule has 0 saturated carbocycles. The molecule has 2 bridgehead atoms. The number of hydrogen-bond acceptors (Lipinski definition) is 5. The summed E-state index contributed by atoms with van der Waals surface area (Å²) in [7, 11) is 0. The number of amides is 1. The van der Waals surface area contributed by atoms with Crippen LogP contribution in [0.5, 0.6) is 0 Å². The Hall–Kier alpha value is -1.14. The minimum atomic E-state index is -0.144. The van der Waals surface area contributed by atoms with Gasteiger partial charge in [0, 0.05) is 5.38 Å². The lowest BCUT2D eigenvalue weighted by atomic mass is 9.95. The van der Waals surface area contributed by atoms with E-state index in [0.29, 0.717) is 16.9 Å². The van der Waals surface area contributed by atoms with E-state index in [1.807, 2.05) is 0 Å². The Labute approximate surface area is 97.0 Å². The van der Waals surface area contributed by atoms with E-state index in [2.05, 4.69) is 10.3 Å². The van der Waals surface area contributed by atoms with Gasteiger partial charge in [0.05, 0.1) is 18.2 Å². The fraction of sp³-hybridized carbons (Fsp3) is 0.600. The van der Waals surface area contributed by atoms with E-state index < -0.39 is 0 Å². The number of thiazole rings is 1. The Morgan fingerprint density at radius 1 is 1.62 bits per heavy atom. The second kappa shape index (κ2) is 3.71. The number of nitrogens with two attached hydrogens (primary N) is 1. The number of rotatable bonds is 2. The van der Waals surface area contributed by atoms with Gasteiger partial charge in [0.25, 0.3) is 5.91 Å². The third-order valence-electron chi connectivity index (χ3n) is 3.18. The molecule has 3 heterocycles. The highest BCUT2D eigenvalue weighted by molar-refractivity contribution is 7.13. The SMILES string of the molecule is Nc1nc(C(=O)NC2CC3CCC2O3)cs1. The van der Waals surface area contributed by atoms with Crippen molar-refractivity contribution in [3.63, 3.8) is 0 Å². The minimum Gasteiger partial charge on any atom is -0.375 e. The van der Waals surface area contributed by atoms with Crippen molar-refractivity contribution in [2.75, 3.05) is 5.73 Å². The number of carbonyl (C=O) groups is 1. The molecule has 3 rings (SSSR count). The molecular weight excluding hydrogens is 226 g/mol. The first-order valence-corrected chi connectivity index (χ1v) is 6.27. The molecule has 16 heavy (non-hydrogen) atoms. The summed E-state index contributed by atoms with van der Waals surface area (Å²) in [6.45, 7) is 0. The zero-order valence-corrected chi connectivity index (χ0v) is 9.50. The molecular formula is C10H13N3O2S. The minimum absolute atomic E-state index is 0.144. The lowest BCUT2D eigenvalue weighted by Gasteiger charge is -2.19. The number of fused-ring (bicyclic) bond motifs is 2. The fourth-order valence-corrected chi connectivity index (χ4v) is 2.97. The van der Waals surface area contributed by atoms with Crippen molar-refractivity contribution in [1.29, 1.82) is 0 Å². The van der Waals surface area contributed by atoms with Gasteiger partial charge in [-0.2, -0.15) is 0 Å². The summed E-state index contributed by atoms with van der Waals surface area (Å²) in [5.74, 6) is -0.144. The van der Waals surface area contributed by atoms with Crippen LogP contribution in [0.4, 0.5) is 5.13 Å². The molecule has 86 valence electrons. The van der Waals surface area contributed by atoms with Crippen LogP contribution in [0.25, 0.3) is 0 Å². The van der Waals surface area contributed by atoms with E-state index in [9.17, 15) is 4.79 Å². The van der Waals surface area contributed by atoms with Gasteiger partial charge in [-0.3, -0.25) is 4.79 Å². The maximum atomic E-state index is 11.8. The molecule has 0 spiro atoms. The zero-order valence-electron chi connectivity index (χ0n) is 8.68. The van der Waals surface area contributed by atoms with Crippen molar-refractivity contribution in [2.45, 2.75) is 37.5 Å². The number of carbonyl (C=O) groups excluding carboxylic acids is 1. The van der Waals surface area contributed by atoms with Gasteiger partial charge < -0.3 is 15.8 Å². The van der Waals surface area contributed by atoms with Gasteiger partial charge in [0.15, 0.2) is 5.13 Å². The van der Waals surface area contributed by atoms with Crippen molar-refractivity contribution in [3.05, 3.63) is 11.1 Å². The number of ether oxygens (including phenoxy) is 1. The first-order valence-electron chi connectivity index (χ1n) is 5.39. The fourth-order valence-electron chi connectivity index (χ4n) is 2.42. The van der Waals surface area contributed by atoms with Crippen LogP contribution in [0, 0.1) is 0 Å². The van der Waals surface area contributed by atoms with Crippen molar-refractivity contribution in [2.24, 2.45) is 0 Å². The molecule has 2 aliphatic rings. The molecule has 3 N–H and O–H groups in total. The average Bonchev–Trinajstić information content (AvgIpc) is 2.92. The van der Waals surface area contributed by atoms with Gasteiger partial charge in [0.2, 0.25) is 0 Å². The number of nitrogen functional groups attached to an aromatic ring is 1. The second-order valence-electron chi connectivity index (χ2n) is 4.26. The number of aromatic nitrogens is 1. The number of hydrogen-bond donors (Lipinski definition) is 2. The normalized spacial score (nSPS) is 31.9. The van der Waals surface area contributed by atoms with E-state index in [1.165, 1.54) is 11.3 Å². The Kier molecular flexibility index (Phi) is 2.33. The average molecular weight is 239 g/mol. The van der Waals surface area contributed by atoms with Gasteiger partial charge in [-0.15, -0.1) is 11.3 Å². The van der Waals surface area contributed by atoms with Gasteiger partial charge in [-0.1, -0.05) is 0 Å². The molecule has 2 aliphatic heterocycles. The van der Waals surface area contributed by atoms with Gasteiger partial charge >= 0.3 is 0 Å². The van der Waals surface area contributed by atoms with Crippen molar-refractivity contribution >= 4 is 22.4 Å². The summed E-state index contributed by atoms with van der Waals surface area (Å²) in [4.78, 5) is 15.8. The summed E-state index contributed by atoms with van der Waals surface area (Å²) in [6, 6.07) is 0.147. The summed E-state index contributed by atoms with van der Waals surface area (Å²) >= 11 is 1.28. The van der Waals surface area contributed by atoms with Crippen LogP contribution in [-0.2, 0) is 4.74 Å². The Morgan fingerprint density at radius 3 is 3.06 bits per heavy atom. The highest BCUT2D eigenvalue weighted by Gasteiger charge is 2.41. The standard InChI is InChI=1S/C10H13N3O2S/c11-10-13-7(4-16-10)9(14)12-6-3-5-1-2-8(6)15-5/h4-6,8H,1-3H2,(H2,11,13)(H,12,14). The van der Waals surface area contributed by atoms with Crippen LogP contribution < -0.4 is 11.1 Å². The first kappa shape index (κ1) is 10.0. The zero-order chi connectivity index (χ0) is 11.1. The number of nitrogens with one attached hydrogen (secondary N) is 1. The van der Waals surface area contributed by atoms with Crippen LogP contribution >= 0.6 is 11.3 Å². The highest BCUT2D eigenvalue weighted by atomic mass is 32.1. The van der Waals surface area contributed by atoms with Gasteiger partial charge in [-0.05, 0) is 19.3 Å². The molecule has 3 atom stereocenters. The Morgan fingerprint density at radius 2 is 2.50 bits per heavy atom. The predicted octanol–water partition coefficient (Wildman–Crippen LogP) is 0.775. The monoisotopic (exact) mass is 239 g/mol. The quantitative estimate of drug-likeness (QED) is 0.799. The van der Waals surface area contributed by atoms with E-state index in [0.717, 1.165) is 19.3 Å². The van der Waals surface area contributed by atoms with E-state index in [1.54, 1.807) is 5.38 Å². The number of nitrogens with zero attached hydrogens (tertiary/aromatic N) is 1. The smallest absolute Gasteiger partial charge is 0.271 e. The highest BCUT2D eigenvalue weighted by Crippen LogP contribution is 2.34. The molecule has 1 amide bonds. The molecule has 0 aromatic carbocycles. The van der Waals surface area contributed by atoms with Crippen LogP contribution in [0.1, 0.15) is 29.8 Å². The lowest BCUT2D eigenvalue weighted by Crippen LogP contribution is -2.41. The summed E-state index contributed by atoms with van der Waals surface area (Å²) in [5, 5.41) is 5.07. The molecule has 1 aromatic heterocycles. The molecule has 3 unspecified atom stereocenters. The molecule has 6 heteroatoms. The first-order chi connectivity index (χ1) is 7.72. The van der Waals surface area contributed by atoms with E-state index in [4.69, 9.17) is 10.5 Å². The predicted molar refractivity (Wildman–Crippen MR) is 60.3 cm³/mol. The van der Waals surface area contributed by atoms with Gasteiger partial charge in [-0.25, -0.2) is 4.98 Å². The van der Waals surface area contributed by atoms with Crippen molar-refractivity contribution < 1.29 is 9.53 Å². The van der Waals surface area contributed by atoms with Crippen LogP contribution in [0.3, 0.4) is 0 Å². The van der Waals surface area contributed by atoms with Crippen LogP contribution in [0.2, 0.25) is 0 Å². The lowest BCUT2D eigenvalue weighted by molar-refractivity contribution is 0.0838. The molecule has 2 saturated heterocycles. The largest absolute Gasteiger partial charge is 0.375 e. The maximum Gasteiger partial charge on any atom is 0.271 e. The topological polar surface area (TPSA) is 77.2 Å². The Bertz CT molecular complexity index is 420. The summed E-state index contributed by atoms with van der Waals surface area (Å²) in [6.07, 6.45) is 3.65. The van der Waals surface area contributed by atoms with Crippen molar-refractivity contribution in [1.82, 2.24) is 10.3 Å². The molecule has 5 nitrogen and oxygen atoms in total. The third-order valence-corrected chi connectivity index (χ3v) is 3.85. The van der Waals surface area contributed by atoms with E-state index in [-0.39, 0.29) is 18.1 Å². The molecule has 0 aliphatic carbocycles. The summed E-state index contributed by atoms with van der Waals surface area (Å²) in [5.41, 5.74) is 5.90. The summed E-state index contributed by atoms with van der Waals surface area (Å²) < 4.78 is 5.67. The van der Waals surface area contributed by atoms with Crippen LogP contribution in [0.15, 0.2) is 5.38 Å².